The summed E-state index contributed by atoms with van der Waals surface area (Å²) in [4.78, 5) is 57.8. The second-order valence-corrected chi connectivity index (χ2v) is 13.3. The second kappa shape index (κ2) is 12.6. The van der Waals surface area contributed by atoms with Crippen LogP contribution in [0.4, 0.5) is 5.69 Å². The summed E-state index contributed by atoms with van der Waals surface area (Å²) in [5.41, 5.74) is 2.26. The minimum absolute atomic E-state index is 0.0424. The highest BCUT2D eigenvalue weighted by Gasteiger charge is 2.52. The molecule has 2 aromatic carbocycles. The van der Waals surface area contributed by atoms with Crippen molar-refractivity contribution in [2.24, 2.45) is 5.92 Å². The minimum Gasteiger partial charge on any atom is -0.378 e. The number of amides is 3. The number of benzene rings is 2. The summed E-state index contributed by atoms with van der Waals surface area (Å²) in [6.45, 7) is 5.28. The van der Waals surface area contributed by atoms with E-state index in [-0.39, 0.29) is 41.5 Å². The van der Waals surface area contributed by atoms with Gasteiger partial charge in [-0.05, 0) is 62.1 Å². The van der Waals surface area contributed by atoms with Crippen molar-refractivity contribution in [3.05, 3.63) is 59.7 Å². The topological polar surface area (TPSA) is 136 Å². The van der Waals surface area contributed by atoms with Gasteiger partial charge in [0.2, 0.25) is 21.8 Å². The van der Waals surface area contributed by atoms with Crippen LogP contribution in [0.2, 0.25) is 0 Å². The Morgan fingerprint density at radius 1 is 1.00 bits per heavy atom. The van der Waals surface area contributed by atoms with Crippen LogP contribution in [-0.4, -0.2) is 93.6 Å². The molecule has 2 unspecified atom stereocenters. The fourth-order valence-corrected chi connectivity index (χ4v) is 6.47. The number of ketones is 1. The summed E-state index contributed by atoms with van der Waals surface area (Å²) in [6.07, 6.45) is 0.763. The van der Waals surface area contributed by atoms with Crippen molar-refractivity contribution >= 4 is 39.2 Å². The Labute approximate surface area is 247 Å². The molecule has 11 nitrogen and oxygen atoms in total. The van der Waals surface area contributed by atoms with E-state index in [9.17, 15) is 27.6 Å². The number of rotatable bonds is 10. The van der Waals surface area contributed by atoms with Crippen LogP contribution >= 0.6 is 0 Å². The van der Waals surface area contributed by atoms with E-state index in [0.717, 1.165) is 11.3 Å². The van der Waals surface area contributed by atoms with Gasteiger partial charge in [0.15, 0.2) is 5.78 Å². The number of hydrogen-bond donors (Lipinski definition) is 2. The van der Waals surface area contributed by atoms with Crippen molar-refractivity contribution in [3.63, 3.8) is 0 Å². The molecule has 2 fully saturated rings. The van der Waals surface area contributed by atoms with Gasteiger partial charge in [-0.25, -0.2) is 13.1 Å². The minimum atomic E-state index is -3.92. The molecular formula is C30H39N5O6S. The smallest absolute Gasteiger partial charge is 0.251 e. The first-order valence-corrected chi connectivity index (χ1v) is 15.5. The third kappa shape index (κ3) is 6.81. The van der Waals surface area contributed by atoms with E-state index < -0.39 is 40.6 Å². The number of sulfonamides is 1. The first-order chi connectivity index (χ1) is 19.8. The van der Waals surface area contributed by atoms with E-state index >= 15 is 0 Å². The maximum atomic E-state index is 13.8. The zero-order valence-electron chi connectivity index (χ0n) is 24.7. The number of hydrogen-bond acceptors (Lipinski definition) is 7. The standard InChI is InChI=1S/C30H39N5O6S/c1-19(2)16-24(32-29(38)21-8-10-22(11-9-21)33(4)5)30(39)34-15-14-25-28(34)26(36)18-35(25)27(37)17-31-42(40,41)23-12-6-20(3)7-13-23/h6-13,19,24-25,28,31H,14-18H2,1-5H3,(H,32,38)/t24-,25?,28?/m0/s1. The zero-order chi connectivity index (χ0) is 30.8. The van der Waals surface area contributed by atoms with Gasteiger partial charge in [0.1, 0.15) is 12.1 Å². The fourth-order valence-electron chi connectivity index (χ4n) is 5.49. The molecular weight excluding hydrogens is 558 g/mol. The molecule has 0 radical (unpaired) electrons. The van der Waals surface area contributed by atoms with Gasteiger partial charge in [-0.3, -0.25) is 19.2 Å². The largest absolute Gasteiger partial charge is 0.378 e. The Kier molecular flexibility index (Phi) is 9.37. The number of likely N-dealkylation sites (tertiary alicyclic amines) is 2. The molecule has 3 amide bonds. The van der Waals surface area contributed by atoms with Crippen molar-refractivity contribution in [2.45, 2.75) is 56.6 Å². The molecule has 0 spiro atoms. The van der Waals surface area contributed by atoms with E-state index in [0.29, 0.717) is 18.4 Å². The molecule has 2 aromatic rings. The van der Waals surface area contributed by atoms with Gasteiger partial charge in [0, 0.05) is 31.9 Å². The number of aryl methyl sites for hydroxylation is 1. The first kappa shape index (κ1) is 31.2. The lowest BCUT2D eigenvalue weighted by Crippen LogP contribution is -2.53. The predicted octanol–water partition coefficient (Wildman–Crippen LogP) is 1.56. The van der Waals surface area contributed by atoms with Crippen LogP contribution in [0.3, 0.4) is 0 Å². The number of Topliss-reactive ketones (excluding diaryl/α,β-unsaturated/α-hetero) is 1. The molecule has 4 rings (SSSR count). The van der Waals surface area contributed by atoms with Crippen molar-refractivity contribution in [2.75, 3.05) is 38.6 Å². The summed E-state index contributed by atoms with van der Waals surface area (Å²) in [5.74, 6) is -1.47. The number of carbonyl (C=O) groups is 4. The highest BCUT2D eigenvalue weighted by Crippen LogP contribution is 2.31. The lowest BCUT2D eigenvalue weighted by Gasteiger charge is -2.29. The molecule has 42 heavy (non-hydrogen) atoms. The lowest BCUT2D eigenvalue weighted by molar-refractivity contribution is -0.138. The van der Waals surface area contributed by atoms with Crippen LogP contribution < -0.4 is 14.9 Å². The van der Waals surface area contributed by atoms with Gasteiger partial charge in [-0.2, -0.15) is 0 Å². The summed E-state index contributed by atoms with van der Waals surface area (Å²) in [6, 6.07) is 11.1. The fraction of sp³-hybridized carbons (Fsp3) is 0.467. The van der Waals surface area contributed by atoms with Crippen LogP contribution in [0.25, 0.3) is 0 Å². The van der Waals surface area contributed by atoms with Crippen molar-refractivity contribution in [1.82, 2.24) is 19.8 Å². The van der Waals surface area contributed by atoms with E-state index in [1.165, 1.54) is 21.9 Å². The summed E-state index contributed by atoms with van der Waals surface area (Å²) in [5, 5.41) is 2.86. The highest BCUT2D eigenvalue weighted by atomic mass is 32.2. The molecule has 2 aliphatic rings. The SMILES string of the molecule is Cc1ccc(S(=O)(=O)NCC(=O)N2CC(=O)C3C2CCN3C(=O)[C@H](CC(C)C)NC(=O)c2ccc(N(C)C)cc2)cc1. The highest BCUT2D eigenvalue weighted by molar-refractivity contribution is 7.89. The normalized spacial score (nSPS) is 19.1. The molecule has 2 N–H and O–H groups in total. The third-order valence-corrected chi connectivity index (χ3v) is 9.14. The number of nitrogens with one attached hydrogen (secondary N) is 2. The average Bonchev–Trinajstić information content (AvgIpc) is 3.52. The van der Waals surface area contributed by atoms with E-state index in [1.54, 1.807) is 24.3 Å². The first-order valence-electron chi connectivity index (χ1n) is 14.1. The molecule has 3 atom stereocenters. The van der Waals surface area contributed by atoms with E-state index in [2.05, 4.69) is 10.0 Å². The zero-order valence-corrected chi connectivity index (χ0v) is 25.5. The maximum Gasteiger partial charge on any atom is 0.251 e. The average molecular weight is 598 g/mol. The number of fused-ring (bicyclic) bond motifs is 1. The van der Waals surface area contributed by atoms with Gasteiger partial charge in [0.25, 0.3) is 5.91 Å². The van der Waals surface area contributed by atoms with Gasteiger partial charge in [-0.15, -0.1) is 0 Å². The Balaban J connectivity index is 1.43. The predicted molar refractivity (Wildman–Crippen MR) is 158 cm³/mol. The third-order valence-electron chi connectivity index (χ3n) is 7.73. The molecule has 12 heteroatoms. The van der Waals surface area contributed by atoms with Crippen molar-refractivity contribution in [3.8, 4) is 0 Å². The molecule has 2 saturated heterocycles. The maximum absolute atomic E-state index is 13.8. The summed E-state index contributed by atoms with van der Waals surface area (Å²) in [7, 11) is -0.112. The van der Waals surface area contributed by atoms with Gasteiger partial charge >= 0.3 is 0 Å². The molecule has 0 bridgehead atoms. The lowest BCUT2D eigenvalue weighted by atomic mass is 10.0. The monoisotopic (exact) mass is 597 g/mol. The number of carbonyl (C=O) groups excluding carboxylic acids is 4. The molecule has 226 valence electrons. The van der Waals surface area contributed by atoms with Crippen LogP contribution in [0.1, 0.15) is 42.6 Å². The van der Waals surface area contributed by atoms with Crippen LogP contribution in [0.15, 0.2) is 53.4 Å². The second-order valence-electron chi connectivity index (χ2n) is 11.6. The molecule has 0 aromatic heterocycles. The summed E-state index contributed by atoms with van der Waals surface area (Å²) >= 11 is 0. The van der Waals surface area contributed by atoms with E-state index in [4.69, 9.17) is 0 Å². The van der Waals surface area contributed by atoms with Crippen LogP contribution in [0.5, 0.6) is 0 Å². The van der Waals surface area contributed by atoms with Crippen LogP contribution in [0, 0.1) is 12.8 Å². The van der Waals surface area contributed by atoms with E-state index in [1.807, 2.05) is 51.9 Å². The Morgan fingerprint density at radius 2 is 1.64 bits per heavy atom. The van der Waals surface area contributed by atoms with Crippen molar-refractivity contribution in [1.29, 1.82) is 0 Å². The van der Waals surface area contributed by atoms with Crippen molar-refractivity contribution < 1.29 is 27.6 Å². The quantitative estimate of drug-likeness (QED) is 0.424. The Bertz CT molecular complexity index is 1440. The van der Waals surface area contributed by atoms with Crippen LogP contribution in [-0.2, 0) is 24.4 Å². The van der Waals surface area contributed by atoms with Gasteiger partial charge in [0.05, 0.1) is 24.0 Å². The Morgan fingerprint density at radius 3 is 2.24 bits per heavy atom. The molecule has 2 aliphatic heterocycles. The van der Waals surface area contributed by atoms with Gasteiger partial charge < -0.3 is 20.0 Å². The molecule has 2 heterocycles. The number of anilines is 1. The molecule has 0 aliphatic carbocycles. The molecule has 0 saturated carbocycles. The Hall–Kier alpha value is -3.77. The number of nitrogens with zero attached hydrogens (tertiary/aromatic N) is 3. The summed E-state index contributed by atoms with van der Waals surface area (Å²) < 4.78 is 27.6. The van der Waals surface area contributed by atoms with Gasteiger partial charge in [-0.1, -0.05) is 31.5 Å².